The van der Waals surface area contributed by atoms with Crippen LogP contribution < -0.4 is 0 Å². The number of hydrogen-bond acceptors (Lipinski definition) is 2. The summed E-state index contributed by atoms with van der Waals surface area (Å²) in [6.07, 6.45) is 0.543. The van der Waals surface area contributed by atoms with E-state index in [0.29, 0.717) is 6.42 Å². The second-order valence-corrected chi connectivity index (χ2v) is 4.91. The molecule has 2 unspecified atom stereocenters. The molecule has 0 amide bonds. The topological polar surface area (TPSA) is 40.5 Å². The average Bonchev–Trinajstić information content (AvgIpc) is 2.34. The maximum Gasteiger partial charge on any atom is 0.123 e. The SMILES string of the molecule is CCC(CC)C(O)C(O)Cc1ccc(F)cc1C. The summed E-state index contributed by atoms with van der Waals surface area (Å²) in [5.41, 5.74) is 1.69. The summed E-state index contributed by atoms with van der Waals surface area (Å²) < 4.78 is 13.0. The predicted octanol–water partition coefficient (Wildman–Crippen LogP) is 2.83. The highest BCUT2D eigenvalue weighted by Crippen LogP contribution is 2.20. The van der Waals surface area contributed by atoms with E-state index in [-0.39, 0.29) is 11.7 Å². The monoisotopic (exact) mass is 254 g/mol. The summed E-state index contributed by atoms with van der Waals surface area (Å²) in [7, 11) is 0. The van der Waals surface area contributed by atoms with E-state index >= 15 is 0 Å². The third-order valence-electron chi connectivity index (χ3n) is 3.66. The van der Waals surface area contributed by atoms with Crippen molar-refractivity contribution < 1.29 is 14.6 Å². The Morgan fingerprint density at radius 1 is 1.17 bits per heavy atom. The molecule has 0 aliphatic rings. The lowest BCUT2D eigenvalue weighted by Gasteiger charge is -2.25. The van der Waals surface area contributed by atoms with Gasteiger partial charge in [-0.05, 0) is 36.1 Å². The van der Waals surface area contributed by atoms with Gasteiger partial charge in [0.25, 0.3) is 0 Å². The molecule has 0 radical (unpaired) electrons. The van der Waals surface area contributed by atoms with Gasteiger partial charge in [0, 0.05) is 6.42 Å². The summed E-state index contributed by atoms with van der Waals surface area (Å²) in [5, 5.41) is 20.1. The zero-order valence-electron chi connectivity index (χ0n) is 11.4. The minimum atomic E-state index is -0.793. The fourth-order valence-electron chi connectivity index (χ4n) is 2.32. The van der Waals surface area contributed by atoms with Crippen molar-refractivity contribution in [3.05, 3.63) is 35.1 Å². The quantitative estimate of drug-likeness (QED) is 0.819. The maximum atomic E-state index is 13.0. The Kier molecular flexibility index (Phi) is 5.76. The Bertz CT molecular complexity index is 375. The zero-order valence-corrected chi connectivity index (χ0v) is 11.4. The summed E-state index contributed by atoms with van der Waals surface area (Å²) in [6.45, 7) is 5.83. The molecular weight excluding hydrogens is 231 g/mol. The lowest BCUT2D eigenvalue weighted by molar-refractivity contribution is -0.0188. The van der Waals surface area contributed by atoms with E-state index in [0.717, 1.165) is 24.0 Å². The number of rotatable bonds is 6. The van der Waals surface area contributed by atoms with Gasteiger partial charge in [0.05, 0.1) is 12.2 Å². The molecule has 0 saturated carbocycles. The first kappa shape index (κ1) is 15.1. The van der Waals surface area contributed by atoms with Gasteiger partial charge in [-0.1, -0.05) is 32.8 Å². The van der Waals surface area contributed by atoms with E-state index in [2.05, 4.69) is 0 Å². The van der Waals surface area contributed by atoms with E-state index in [1.807, 2.05) is 20.8 Å². The molecule has 1 rings (SSSR count). The van der Waals surface area contributed by atoms with E-state index in [4.69, 9.17) is 0 Å². The third kappa shape index (κ3) is 3.79. The molecule has 0 aliphatic carbocycles. The summed E-state index contributed by atoms with van der Waals surface area (Å²) in [4.78, 5) is 0. The Balaban J connectivity index is 2.71. The highest BCUT2D eigenvalue weighted by molar-refractivity contribution is 5.27. The van der Waals surface area contributed by atoms with Crippen LogP contribution in [0.2, 0.25) is 0 Å². The van der Waals surface area contributed by atoms with Crippen LogP contribution in [0.15, 0.2) is 18.2 Å². The van der Waals surface area contributed by atoms with Crippen LogP contribution in [0.1, 0.15) is 37.8 Å². The van der Waals surface area contributed by atoms with E-state index in [1.165, 1.54) is 12.1 Å². The van der Waals surface area contributed by atoms with Crippen molar-refractivity contribution in [1.29, 1.82) is 0 Å². The number of aryl methyl sites for hydroxylation is 1. The van der Waals surface area contributed by atoms with Crippen molar-refractivity contribution in [2.75, 3.05) is 0 Å². The van der Waals surface area contributed by atoms with Gasteiger partial charge in [0.1, 0.15) is 5.82 Å². The molecule has 18 heavy (non-hydrogen) atoms. The van der Waals surface area contributed by atoms with Crippen molar-refractivity contribution in [2.45, 2.75) is 52.2 Å². The minimum absolute atomic E-state index is 0.112. The van der Waals surface area contributed by atoms with Crippen LogP contribution in [-0.4, -0.2) is 22.4 Å². The van der Waals surface area contributed by atoms with Crippen LogP contribution in [0.3, 0.4) is 0 Å². The molecule has 3 heteroatoms. The van der Waals surface area contributed by atoms with Gasteiger partial charge in [-0.25, -0.2) is 4.39 Å². The maximum absolute atomic E-state index is 13.0. The molecule has 2 N–H and O–H groups in total. The minimum Gasteiger partial charge on any atom is -0.390 e. The van der Waals surface area contributed by atoms with Crippen molar-refractivity contribution in [3.63, 3.8) is 0 Å². The summed E-state index contributed by atoms with van der Waals surface area (Å²) in [6, 6.07) is 4.51. The third-order valence-corrected chi connectivity index (χ3v) is 3.66. The van der Waals surface area contributed by atoms with Crippen LogP contribution in [0.4, 0.5) is 4.39 Å². The van der Waals surface area contributed by atoms with Gasteiger partial charge in [-0.3, -0.25) is 0 Å². The smallest absolute Gasteiger partial charge is 0.123 e. The molecule has 0 aromatic heterocycles. The van der Waals surface area contributed by atoms with E-state index in [9.17, 15) is 14.6 Å². The zero-order chi connectivity index (χ0) is 13.7. The molecular formula is C15H23FO2. The largest absolute Gasteiger partial charge is 0.390 e. The van der Waals surface area contributed by atoms with Gasteiger partial charge in [0.15, 0.2) is 0 Å². The van der Waals surface area contributed by atoms with Crippen LogP contribution >= 0.6 is 0 Å². The molecule has 0 heterocycles. The molecule has 0 spiro atoms. The molecule has 102 valence electrons. The van der Waals surface area contributed by atoms with Gasteiger partial charge in [-0.15, -0.1) is 0 Å². The molecule has 0 saturated heterocycles. The second kappa shape index (κ2) is 6.86. The normalized spacial score (nSPS) is 14.8. The average molecular weight is 254 g/mol. The molecule has 2 nitrogen and oxygen atoms in total. The number of benzene rings is 1. The van der Waals surface area contributed by atoms with Crippen LogP contribution in [0.25, 0.3) is 0 Å². The Morgan fingerprint density at radius 2 is 1.78 bits per heavy atom. The lowest BCUT2D eigenvalue weighted by atomic mass is 9.89. The molecule has 0 bridgehead atoms. The molecule has 0 aliphatic heterocycles. The van der Waals surface area contributed by atoms with Crippen molar-refractivity contribution in [2.24, 2.45) is 5.92 Å². The van der Waals surface area contributed by atoms with Crippen molar-refractivity contribution in [3.8, 4) is 0 Å². The van der Waals surface area contributed by atoms with Gasteiger partial charge < -0.3 is 10.2 Å². The van der Waals surface area contributed by atoms with E-state index < -0.39 is 12.2 Å². The number of halogens is 1. The van der Waals surface area contributed by atoms with Gasteiger partial charge in [-0.2, -0.15) is 0 Å². The Hall–Kier alpha value is -0.930. The van der Waals surface area contributed by atoms with Crippen LogP contribution in [0.5, 0.6) is 0 Å². The molecule has 0 fully saturated rings. The summed E-state index contributed by atoms with van der Waals surface area (Å²) in [5.74, 6) is -0.160. The fourth-order valence-corrected chi connectivity index (χ4v) is 2.32. The van der Waals surface area contributed by atoms with E-state index in [1.54, 1.807) is 6.07 Å². The van der Waals surface area contributed by atoms with Crippen molar-refractivity contribution in [1.82, 2.24) is 0 Å². The first-order chi connectivity index (χ1) is 8.49. The lowest BCUT2D eigenvalue weighted by Crippen LogP contribution is -2.34. The molecule has 2 atom stereocenters. The fraction of sp³-hybridized carbons (Fsp3) is 0.600. The Labute approximate surface area is 108 Å². The number of hydrogen-bond donors (Lipinski definition) is 2. The van der Waals surface area contributed by atoms with Crippen molar-refractivity contribution >= 4 is 0 Å². The highest BCUT2D eigenvalue weighted by atomic mass is 19.1. The summed E-state index contributed by atoms with van der Waals surface area (Å²) >= 11 is 0. The Morgan fingerprint density at radius 3 is 2.28 bits per heavy atom. The standard InChI is InChI=1S/C15H23FO2/c1-4-11(5-2)15(18)14(17)9-12-6-7-13(16)8-10(12)3/h6-8,11,14-15,17-18H,4-5,9H2,1-3H3. The van der Waals surface area contributed by atoms with Crippen LogP contribution in [-0.2, 0) is 6.42 Å². The predicted molar refractivity (Wildman–Crippen MR) is 70.9 cm³/mol. The first-order valence-corrected chi connectivity index (χ1v) is 6.60. The van der Waals surface area contributed by atoms with Crippen LogP contribution in [0, 0.1) is 18.7 Å². The second-order valence-electron chi connectivity index (χ2n) is 4.91. The van der Waals surface area contributed by atoms with Gasteiger partial charge >= 0.3 is 0 Å². The molecule has 1 aromatic rings. The van der Waals surface area contributed by atoms with Gasteiger partial charge in [0.2, 0.25) is 0 Å². The highest BCUT2D eigenvalue weighted by Gasteiger charge is 2.24. The number of aliphatic hydroxyl groups is 2. The first-order valence-electron chi connectivity index (χ1n) is 6.60. The molecule has 1 aromatic carbocycles. The number of aliphatic hydroxyl groups excluding tert-OH is 2.